The highest BCUT2D eigenvalue weighted by molar-refractivity contribution is 7.99. The van der Waals surface area contributed by atoms with Crippen molar-refractivity contribution in [2.24, 2.45) is 0 Å². The number of nitrogens with one attached hydrogen (secondary N) is 1. The van der Waals surface area contributed by atoms with Crippen molar-refractivity contribution in [2.75, 3.05) is 5.75 Å². The van der Waals surface area contributed by atoms with Crippen molar-refractivity contribution in [2.45, 2.75) is 25.0 Å². The normalized spacial score (nSPS) is 12.0. The lowest BCUT2D eigenvalue weighted by atomic mass is 10.1. The van der Waals surface area contributed by atoms with Gasteiger partial charge in [-0.15, -0.1) is 0 Å². The van der Waals surface area contributed by atoms with Gasteiger partial charge in [-0.05, 0) is 43.2 Å². The van der Waals surface area contributed by atoms with Gasteiger partial charge in [-0.25, -0.2) is 4.98 Å². The molecule has 3 aromatic rings. The summed E-state index contributed by atoms with van der Waals surface area (Å²) in [6.07, 6.45) is 3.65. The predicted molar refractivity (Wildman–Crippen MR) is 107 cm³/mol. The zero-order chi connectivity index (χ0) is 18.5. The Morgan fingerprint density at radius 1 is 1.27 bits per heavy atom. The molecule has 26 heavy (non-hydrogen) atoms. The molecule has 1 aromatic heterocycles. The predicted octanol–water partition coefficient (Wildman–Crippen LogP) is 4.80. The van der Waals surface area contributed by atoms with Crippen LogP contribution in [0, 0.1) is 6.92 Å². The van der Waals surface area contributed by atoms with E-state index in [9.17, 15) is 4.79 Å². The lowest BCUT2D eigenvalue weighted by molar-refractivity contribution is -0.119. The van der Waals surface area contributed by atoms with E-state index in [0.717, 1.165) is 16.4 Å². The summed E-state index contributed by atoms with van der Waals surface area (Å²) >= 11 is 7.60. The van der Waals surface area contributed by atoms with Gasteiger partial charge >= 0.3 is 0 Å². The van der Waals surface area contributed by atoms with Gasteiger partial charge in [0.1, 0.15) is 0 Å². The topological polar surface area (TPSA) is 46.9 Å². The molecule has 1 N–H and O–H groups in total. The van der Waals surface area contributed by atoms with Crippen molar-refractivity contribution in [1.29, 1.82) is 0 Å². The Bertz CT molecular complexity index is 909. The Morgan fingerprint density at radius 2 is 2.08 bits per heavy atom. The summed E-state index contributed by atoms with van der Waals surface area (Å²) < 4.78 is 1.99. The van der Waals surface area contributed by atoms with E-state index in [4.69, 9.17) is 11.6 Å². The maximum absolute atomic E-state index is 12.3. The molecule has 0 spiro atoms. The minimum Gasteiger partial charge on any atom is -0.349 e. The third-order valence-electron chi connectivity index (χ3n) is 3.97. The number of hydrogen-bond acceptors (Lipinski definition) is 3. The molecule has 0 aliphatic rings. The van der Waals surface area contributed by atoms with Gasteiger partial charge in [0.25, 0.3) is 0 Å². The fourth-order valence-corrected chi connectivity index (χ4v) is 3.77. The SMILES string of the molecule is Cc1cccc(-n2ccnc2SCC(=O)NC(C)c2ccccc2Cl)c1. The molecule has 134 valence electrons. The maximum Gasteiger partial charge on any atom is 0.230 e. The molecule has 0 saturated carbocycles. The fourth-order valence-electron chi connectivity index (χ4n) is 2.69. The van der Waals surface area contributed by atoms with E-state index in [1.54, 1.807) is 6.20 Å². The lowest BCUT2D eigenvalue weighted by Crippen LogP contribution is -2.28. The third-order valence-corrected chi connectivity index (χ3v) is 5.28. The van der Waals surface area contributed by atoms with Gasteiger partial charge in [-0.2, -0.15) is 0 Å². The molecule has 0 radical (unpaired) electrons. The molecule has 0 bridgehead atoms. The summed E-state index contributed by atoms with van der Waals surface area (Å²) in [5.74, 6) is 0.235. The van der Waals surface area contributed by atoms with Crippen LogP contribution >= 0.6 is 23.4 Å². The van der Waals surface area contributed by atoms with Gasteiger partial charge in [0.15, 0.2) is 5.16 Å². The number of hydrogen-bond donors (Lipinski definition) is 1. The van der Waals surface area contributed by atoms with E-state index in [1.165, 1.54) is 17.3 Å². The lowest BCUT2D eigenvalue weighted by Gasteiger charge is -2.15. The van der Waals surface area contributed by atoms with Crippen molar-refractivity contribution in [3.05, 3.63) is 77.1 Å². The van der Waals surface area contributed by atoms with Crippen LogP contribution in [0.4, 0.5) is 0 Å². The highest BCUT2D eigenvalue weighted by Crippen LogP contribution is 2.23. The molecule has 3 rings (SSSR count). The van der Waals surface area contributed by atoms with E-state index in [1.807, 2.05) is 54.1 Å². The van der Waals surface area contributed by atoms with Crippen molar-refractivity contribution in [1.82, 2.24) is 14.9 Å². The Morgan fingerprint density at radius 3 is 2.85 bits per heavy atom. The Kier molecular flexibility index (Phi) is 6.01. The number of rotatable bonds is 6. The number of aromatic nitrogens is 2. The summed E-state index contributed by atoms with van der Waals surface area (Å²) in [5, 5.41) is 4.43. The van der Waals surface area contributed by atoms with Gasteiger partial charge < -0.3 is 5.32 Å². The van der Waals surface area contributed by atoms with E-state index in [-0.39, 0.29) is 17.7 Å². The third kappa shape index (κ3) is 4.48. The molecule has 0 aliphatic carbocycles. The fraction of sp³-hybridized carbons (Fsp3) is 0.200. The zero-order valence-electron chi connectivity index (χ0n) is 14.6. The van der Waals surface area contributed by atoms with Crippen LogP contribution < -0.4 is 5.32 Å². The summed E-state index contributed by atoms with van der Waals surface area (Å²) in [4.78, 5) is 16.7. The first-order valence-corrected chi connectivity index (χ1v) is 9.68. The minimum atomic E-state index is -0.145. The second-order valence-corrected chi connectivity index (χ2v) is 7.37. The van der Waals surface area contributed by atoms with Gasteiger partial charge in [0, 0.05) is 23.1 Å². The summed E-state index contributed by atoms with van der Waals surface area (Å²) in [6, 6.07) is 15.6. The van der Waals surface area contributed by atoms with Gasteiger partial charge in [-0.1, -0.05) is 53.7 Å². The van der Waals surface area contributed by atoms with Crippen molar-refractivity contribution in [3.63, 3.8) is 0 Å². The minimum absolute atomic E-state index is 0.0544. The molecule has 1 unspecified atom stereocenters. The Hall–Kier alpha value is -2.24. The number of benzene rings is 2. The van der Waals surface area contributed by atoms with Crippen molar-refractivity contribution < 1.29 is 4.79 Å². The van der Waals surface area contributed by atoms with Crippen molar-refractivity contribution >= 4 is 29.3 Å². The van der Waals surface area contributed by atoms with E-state index >= 15 is 0 Å². The molecule has 1 amide bonds. The first kappa shape index (κ1) is 18.5. The highest BCUT2D eigenvalue weighted by atomic mass is 35.5. The van der Waals surface area contributed by atoms with Crippen LogP contribution in [0.15, 0.2) is 66.1 Å². The number of carbonyl (C=O) groups is 1. The highest BCUT2D eigenvalue weighted by Gasteiger charge is 2.14. The molecule has 1 atom stereocenters. The average molecular weight is 386 g/mol. The maximum atomic E-state index is 12.3. The second-order valence-electron chi connectivity index (χ2n) is 6.02. The number of halogens is 1. The van der Waals surface area contributed by atoms with Crippen molar-refractivity contribution in [3.8, 4) is 5.69 Å². The molecule has 4 nitrogen and oxygen atoms in total. The van der Waals surface area contributed by atoms with E-state index in [2.05, 4.69) is 29.4 Å². The number of amides is 1. The van der Waals surface area contributed by atoms with E-state index < -0.39 is 0 Å². The van der Waals surface area contributed by atoms with Crippen LogP contribution in [-0.4, -0.2) is 21.2 Å². The number of carbonyl (C=O) groups excluding carboxylic acids is 1. The largest absolute Gasteiger partial charge is 0.349 e. The molecular formula is C20H20ClN3OS. The van der Waals surface area contributed by atoms with Crippen LogP contribution in [0.3, 0.4) is 0 Å². The van der Waals surface area contributed by atoms with Crippen LogP contribution in [0.25, 0.3) is 5.69 Å². The molecule has 1 heterocycles. The number of thioether (sulfide) groups is 1. The zero-order valence-corrected chi connectivity index (χ0v) is 16.2. The van der Waals surface area contributed by atoms with Crippen LogP contribution in [0.2, 0.25) is 5.02 Å². The molecule has 0 fully saturated rings. The first-order valence-electron chi connectivity index (χ1n) is 8.31. The van der Waals surface area contributed by atoms with Gasteiger partial charge in [0.05, 0.1) is 11.8 Å². The molecular weight excluding hydrogens is 366 g/mol. The Labute approximate surface area is 162 Å². The van der Waals surface area contributed by atoms with E-state index in [0.29, 0.717) is 5.02 Å². The molecule has 0 aliphatic heterocycles. The quantitative estimate of drug-likeness (QED) is 0.620. The first-order chi connectivity index (χ1) is 12.5. The summed E-state index contributed by atoms with van der Waals surface area (Å²) in [5.41, 5.74) is 3.13. The van der Waals surface area contributed by atoms with Crippen LogP contribution in [0.1, 0.15) is 24.1 Å². The standard InChI is InChI=1S/C20H20ClN3OS/c1-14-6-5-7-16(12-14)24-11-10-22-20(24)26-13-19(25)23-15(2)17-8-3-4-9-18(17)21/h3-12,15H,13H2,1-2H3,(H,23,25). The van der Waals surface area contributed by atoms with Crippen LogP contribution in [0.5, 0.6) is 0 Å². The monoisotopic (exact) mass is 385 g/mol. The number of imidazole rings is 1. The van der Waals surface area contributed by atoms with Gasteiger partial charge in [0.2, 0.25) is 5.91 Å². The van der Waals surface area contributed by atoms with Gasteiger partial charge in [-0.3, -0.25) is 9.36 Å². The smallest absolute Gasteiger partial charge is 0.230 e. The second kappa shape index (κ2) is 8.43. The molecule has 2 aromatic carbocycles. The summed E-state index contributed by atoms with van der Waals surface area (Å²) in [6.45, 7) is 3.98. The number of nitrogens with zero attached hydrogens (tertiary/aromatic N) is 2. The molecule has 6 heteroatoms. The molecule has 0 saturated heterocycles. The Balaban J connectivity index is 1.62. The summed E-state index contributed by atoms with van der Waals surface area (Å²) in [7, 11) is 0. The average Bonchev–Trinajstić information content (AvgIpc) is 3.09. The number of aryl methyl sites for hydroxylation is 1. The van der Waals surface area contributed by atoms with Crippen LogP contribution in [-0.2, 0) is 4.79 Å².